The number of carbonyl (C=O) groups is 2. The Hall–Kier alpha value is -1.64. The normalized spacial score (nSPS) is 15.9. The van der Waals surface area contributed by atoms with Crippen molar-refractivity contribution in [1.29, 1.82) is 0 Å². The first-order chi connectivity index (χ1) is 9.81. The molecule has 1 fully saturated rings. The predicted molar refractivity (Wildman–Crippen MR) is 75.6 cm³/mol. The van der Waals surface area contributed by atoms with Gasteiger partial charge < -0.3 is 5.11 Å². The average molecular weight is 333 g/mol. The fraction of sp³-hybridized carbons (Fsp3) is 0.333. The summed E-state index contributed by atoms with van der Waals surface area (Å²) in [6.07, 6.45) is 1.52. The maximum absolute atomic E-state index is 11.9. The molecule has 1 aliphatic rings. The maximum Gasteiger partial charge on any atom is 0.337 e. The van der Waals surface area contributed by atoms with E-state index in [0.29, 0.717) is 13.1 Å². The van der Waals surface area contributed by atoms with E-state index < -0.39 is 22.1 Å². The van der Waals surface area contributed by atoms with E-state index in [1.165, 1.54) is 10.4 Å². The number of halogens is 1. The van der Waals surface area contributed by atoms with Crippen LogP contribution in [0, 0.1) is 0 Å². The van der Waals surface area contributed by atoms with E-state index in [4.69, 9.17) is 16.7 Å². The van der Waals surface area contributed by atoms with Gasteiger partial charge in [-0.15, -0.1) is 0 Å². The molecule has 0 aliphatic carbocycles. The van der Waals surface area contributed by atoms with Crippen LogP contribution in [0.25, 0.3) is 0 Å². The van der Waals surface area contributed by atoms with Gasteiger partial charge in [0.1, 0.15) is 0 Å². The van der Waals surface area contributed by atoms with Crippen molar-refractivity contribution in [3.63, 3.8) is 0 Å². The van der Waals surface area contributed by atoms with E-state index in [2.05, 4.69) is 0 Å². The van der Waals surface area contributed by atoms with Gasteiger partial charge in [-0.05, 0) is 31.0 Å². The second-order valence-corrected chi connectivity index (χ2v) is 6.62. The summed E-state index contributed by atoms with van der Waals surface area (Å²) in [5.41, 5.74) is -0.177. The molecule has 0 radical (unpaired) electrons. The molecule has 2 N–H and O–H groups in total. The molecule has 1 saturated heterocycles. The molecular formula is C12H13ClN2O5S. The maximum atomic E-state index is 11.9. The highest BCUT2D eigenvalue weighted by molar-refractivity contribution is 7.87. The minimum absolute atomic E-state index is 0.0206. The number of aromatic carboxylic acids is 1. The Kier molecular flexibility index (Phi) is 4.50. The van der Waals surface area contributed by atoms with Crippen molar-refractivity contribution in [2.75, 3.05) is 13.1 Å². The topological polar surface area (TPSA) is 104 Å². The fourth-order valence-corrected chi connectivity index (χ4v) is 3.48. The lowest BCUT2D eigenvalue weighted by molar-refractivity contribution is 0.0696. The summed E-state index contributed by atoms with van der Waals surface area (Å²) in [6, 6.07) is 3.49. The fourth-order valence-electron chi connectivity index (χ4n) is 2.00. The minimum atomic E-state index is -3.87. The molecule has 0 bridgehead atoms. The van der Waals surface area contributed by atoms with Crippen molar-refractivity contribution >= 4 is 33.7 Å². The van der Waals surface area contributed by atoms with E-state index in [-0.39, 0.29) is 16.1 Å². The third-order valence-electron chi connectivity index (χ3n) is 3.09. The zero-order valence-electron chi connectivity index (χ0n) is 10.9. The van der Waals surface area contributed by atoms with Crippen LogP contribution in [-0.4, -0.2) is 42.8 Å². The highest BCUT2D eigenvalue weighted by atomic mass is 35.5. The number of carboxylic acid groups (broad SMARTS) is 1. The van der Waals surface area contributed by atoms with Gasteiger partial charge in [-0.2, -0.15) is 12.7 Å². The molecule has 1 amide bonds. The smallest absolute Gasteiger partial charge is 0.337 e. The molecule has 1 heterocycles. The van der Waals surface area contributed by atoms with Crippen LogP contribution in [0.4, 0.5) is 0 Å². The highest BCUT2D eigenvalue weighted by Gasteiger charge is 2.27. The molecule has 1 aromatic carbocycles. The molecule has 9 heteroatoms. The summed E-state index contributed by atoms with van der Waals surface area (Å²) in [6.45, 7) is 0.753. The second-order valence-electron chi connectivity index (χ2n) is 4.54. The van der Waals surface area contributed by atoms with Crippen LogP contribution in [0.3, 0.4) is 0 Å². The van der Waals surface area contributed by atoms with Crippen molar-refractivity contribution in [1.82, 2.24) is 9.03 Å². The summed E-state index contributed by atoms with van der Waals surface area (Å²) in [7, 11) is -3.87. The molecule has 1 aliphatic heterocycles. The SMILES string of the molecule is O=C(NS(=O)(=O)N1CCCC1)c1ccc(C(=O)O)c(Cl)c1. The molecule has 21 heavy (non-hydrogen) atoms. The number of nitrogens with zero attached hydrogens (tertiary/aromatic N) is 1. The molecule has 0 unspecified atom stereocenters. The molecule has 114 valence electrons. The Morgan fingerprint density at radius 3 is 2.38 bits per heavy atom. The van der Waals surface area contributed by atoms with Gasteiger partial charge in [0.05, 0.1) is 10.6 Å². The average Bonchev–Trinajstić information content (AvgIpc) is 2.92. The molecule has 1 aromatic rings. The quantitative estimate of drug-likeness (QED) is 0.859. The Morgan fingerprint density at radius 2 is 1.86 bits per heavy atom. The van der Waals surface area contributed by atoms with Gasteiger partial charge in [-0.3, -0.25) is 4.79 Å². The second kappa shape index (κ2) is 6.00. The Balaban J connectivity index is 2.17. The Labute approximate surface area is 126 Å². The first kappa shape index (κ1) is 15.7. The zero-order chi connectivity index (χ0) is 15.6. The van der Waals surface area contributed by atoms with Crippen LogP contribution in [0.5, 0.6) is 0 Å². The number of carbonyl (C=O) groups excluding carboxylic acids is 1. The molecule has 0 atom stereocenters. The Morgan fingerprint density at radius 1 is 1.24 bits per heavy atom. The highest BCUT2D eigenvalue weighted by Crippen LogP contribution is 2.18. The molecular weight excluding hydrogens is 320 g/mol. The van der Waals surface area contributed by atoms with Crippen molar-refractivity contribution in [2.45, 2.75) is 12.8 Å². The number of rotatable bonds is 4. The monoisotopic (exact) mass is 332 g/mol. The van der Waals surface area contributed by atoms with Gasteiger partial charge in [0, 0.05) is 18.7 Å². The van der Waals surface area contributed by atoms with Crippen LogP contribution in [-0.2, 0) is 10.2 Å². The number of benzene rings is 1. The summed E-state index contributed by atoms with van der Waals surface area (Å²) in [4.78, 5) is 22.7. The van der Waals surface area contributed by atoms with E-state index in [9.17, 15) is 18.0 Å². The largest absolute Gasteiger partial charge is 0.478 e. The Bertz CT molecular complexity index is 683. The number of carboxylic acids is 1. The van der Waals surface area contributed by atoms with Crippen molar-refractivity contribution in [2.24, 2.45) is 0 Å². The molecule has 7 nitrogen and oxygen atoms in total. The van der Waals surface area contributed by atoms with Gasteiger partial charge >= 0.3 is 16.2 Å². The standard InChI is InChI=1S/C12H13ClN2O5S/c13-10-7-8(3-4-9(10)12(17)18)11(16)14-21(19,20)15-5-1-2-6-15/h3-4,7H,1-2,5-6H2,(H,14,16)(H,17,18). The molecule has 0 aromatic heterocycles. The predicted octanol–water partition coefficient (Wildman–Crippen LogP) is 1.11. The summed E-state index contributed by atoms with van der Waals surface area (Å²) < 4.78 is 27.0. The van der Waals surface area contributed by atoms with Gasteiger partial charge in [-0.1, -0.05) is 11.6 Å². The summed E-state index contributed by atoms with van der Waals surface area (Å²) >= 11 is 5.75. The zero-order valence-corrected chi connectivity index (χ0v) is 12.4. The van der Waals surface area contributed by atoms with Crippen LogP contribution < -0.4 is 4.72 Å². The van der Waals surface area contributed by atoms with E-state index in [0.717, 1.165) is 25.0 Å². The number of hydrogen-bond acceptors (Lipinski definition) is 4. The molecule has 0 spiro atoms. The molecule has 2 rings (SSSR count). The van der Waals surface area contributed by atoms with Gasteiger partial charge in [0.15, 0.2) is 0 Å². The van der Waals surface area contributed by atoms with Crippen molar-refractivity contribution in [3.05, 3.63) is 34.3 Å². The van der Waals surface area contributed by atoms with Gasteiger partial charge in [0.2, 0.25) is 0 Å². The van der Waals surface area contributed by atoms with Crippen LogP contribution in [0.15, 0.2) is 18.2 Å². The van der Waals surface area contributed by atoms with Gasteiger partial charge in [0.25, 0.3) is 5.91 Å². The number of nitrogens with one attached hydrogen (secondary N) is 1. The lowest BCUT2D eigenvalue weighted by Crippen LogP contribution is -2.42. The summed E-state index contributed by atoms with van der Waals surface area (Å²) in [5.74, 6) is -2.07. The lowest BCUT2D eigenvalue weighted by Gasteiger charge is -2.16. The van der Waals surface area contributed by atoms with Crippen LogP contribution >= 0.6 is 11.6 Å². The van der Waals surface area contributed by atoms with Gasteiger partial charge in [-0.25, -0.2) is 9.52 Å². The summed E-state index contributed by atoms with van der Waals surface area (Å²) in [5, 5.41) is 8.71. The minimum Gasteiger partial charge on any atom is -0.478 e. The lowest BCUT2D eigenvalue weighted by atomic mass is 10.1. The third kappa shape index (κ3) is 3.52. The van der Waals surface area contributed by atoms with Crippen molar-refractivity contribution < 1.29 is 23.1 Å². The van der Waals surface area contributed by atoms with Crippen LogP contribution in [0.2, 0.25) is 5.02 Å². The van der Waals surface area contributed by atoms with E-state index in [1.54, 1.807) is 0 Å². The first-order valence-corrected chi connectivity index (χ1v) is 7.98. The molecule has 0 saturated carbocycles. The van der Waals surface area contributed by atoms with Crippen molar-refractivity contribution in [3.8, 4) is 0 Å². The number of hydrogen-bond donors (Lipinski definition) is 2. The third-order valence-corrected chi connectivity index (χ3v) is 4.89. The van der Waals surface area contributed by atoms with Crippen LogP contribution in [0.1, 0.15) is 33.6 Å². The van der Waals surface area contributed by atoms with E-state index >= 15 is 0 Å². The first-order valence-electron chi connectivity index (χ1n) is 6.16. The number of amides is 1. The van der Waals surface area contributed by atoms with E-state index in [1.807, 2.05) is 4.72 Å².